The predicted octanol–water partition coefficient (Wildman–Crippen LogP) is 3.62. The number of hydrogen-bond acceptors (Lipinski definition) is 6. The zero-order chi connectivity index (χ0) is 23.5. The number of sulfonamides is 1. The van der Waals surface area contributed by atoms with Crippen LogP contribution in [0.15, 0.2) is 89.0 Å². The fourth-order valence-corrected chi connectivity index (χ4v) is 5.50. The highest BCUT2D eigenvalue weighted by Gasteiger charge is 2.15. The number of imidazole rings is 1. The number of nitrogens with one attached hydrogen (secondary N) is 2. The van der Waals surface area contributed by atoms with Crippen molar-refractivity contribution in [2.45, 2.75) is 17.2 Å². The normalized spacial score (nSPS) is 11.5. The first-order valence-corrected chi connectivity index (χ1v) is 12.7. The Morgan fingerprint density at radius 3 is 2.62 bits per heavy atom. The maximum Gasteiger partial charge on any atom is 0.271 e. The molecule has 0 aliphatic rings. The molecular formula is C23H20N6O3S2. The number of hydrogen-bond donors (Lipinski definition) is 2. The molecule has 0 spiro atoms. The van der Waals surface area contributed by atoms with Crippen LogP contribution >= 0.6 is 11.3 Å². The Morgan fingerprint density at radius 1 is 1.00 bits per heavy atom. The smallest absolute Gasteiger partial charge is 0.271 e. The SMILES string of the molecule is O=C(Cc1ccc(NS(=O)(=O)c2cccs2)cc1)Nc1cnn(Cc2cn3ccccc3n2)c1. The second-order valence-corrected chi connectivity index (χ2v) is 10.4. The number of benzene rings is 1. The van der Waals surface area contributed by atoms with Gasteiger partial charge in [-0.3, -0.25) is 14.2 Å². The molecule has 34 heavy (non-hydrogen) atoms. The second kappa shape index (κ2) is 9.12. The number of carbonyl (C=O) groups excluding carboxylic acids is 1. The average Bonchev–Trinajstić information content (AvgIpc) is 3.56. The van der Waals surface area contributed by atoms with Gasteiger partial charge in [-0.25, -0.2) is 13.4 Å². The summed E-state index contributed by atoms with van der Waals surface area (Å²) in [5.41, 5.74) is 3.51. The molecule has 0 unspecified atom stereocenters. The van der Waals surface area contributed by atoms with Gasteiger partial charge in [0.1, 0.15) is 9.86 Å². The van der Waals surface area contributed by atoms with Gasteiger partial charge in [0.05, 0.1) is 30.5 Å². The molecule has 2 N–H and O–H groups in total. The Kier molecular flexibility index (Phi) is 5.86. The summed E-state index contributed by atoms with van der Waals surface area (Å²) in [6.45, 7) is 0.487. The third-order valence-corrected chi connectivity index (χ3v) is 7.76. The first-order valence-electron chi connectivity index (χ1n) is 10.3. The summed E-state index contributed by atoms with van der Waals surface area (Å²) in [5.74, 6) is -0.195. The van der Waals surface area contributed by atoms with E-state index >= 15 is 0 Å². The van der Waals surface area contributed by atoms with Gasteiger partial charge >= 0.3 is 0 Å². The van der Waals surface area contributed by atoms with Crippen molar-refractivity contribution >= 4 is 44.3 Å². The largest absolute Gasteiger partial charge is 0.323 e. The van der Waals surface area contributed by atoms with Crippen LogP contribution in [0.25, 0.3) is 5.65 Å². The zero-order valence-electron chi connectivity index (χ0n) is 17.8. The quantitative estimate of drug-likeness (QED) is 0.344. The van der Waals surface area contributed by atoms with Crippen molar-refractivity contribution in [2.75, 3.05) is 10.0 Å². The van der Waals surface area contributed by atoms with Crippen LogP contribution < -0.4 is 10.0 Å². The molecule has 0 bridgehead atoms. The Balaban J connectivity index is 1.16. The van der Waals surface area contributed by atoms with Crippen LogP contribution in [-0.2, 0) is 27.8 Å². The van der Waals surface area contributed by atoms with Gasteiger partial charge in [-0.05, 0) is 41.3 Å². The molecule has 9 nitrogen and oxygen atoms in total. The highest BCUT2D eigenvalue weighted by atomic mass is 32.2. The van der Waals surface area contributed by atoms with Gasteiger partial charge in [0.2, 0.25) is 5.91 Å². The van der Waals surface area contributed by atoms with E-state index in [1.165, 1.54) is 0 Å². The first kappa shape index (κ1) is 21.9. The van der Waals surface area contributed by atoms with Crippen LogP contribution in [-0.4, -0.2) is 33.5 Å². The number of fused-ring (bicyclic) bond motifs is 1. The molecule has 4 aromatic heterocycles. The third kappa shape index (κ3) is 5.00. The maximum atomic E-state index is 12.5. The van der Waals surface area contributed by atoms with Crippen LogP contribution in [0.2, 0.25) is 0 Å². The Hall–Kier alpha value is -3.96. The molecule has 0 radical (unpaired) electrons. The Bertz CT molecular complexity index is 1500. The van der Waals surface area contributed by atoms with Gasteiger partial charge in [0.15, 0.2) is 0 Å². The van der Waals surface area contributed by atoms with Gasteiger partial charge in [0.25, 0.3) is 10.0 Å². The summed E-state index contributed by atoms with van der Waals surface area (Å²) in [7, 11) is -3.60. The molecule has 5 rings (SSSR count). The molecule has 4 heterocycles. The fraction of sp³-hybridized carbons (Fsp3) is 0.0870. The predicted molar refractivity (Wildman–Crippen MR) is 130 cm³/mol. The van der Waals surface area contributed by atoms with Gasteiger partial charge in [-0.15, -0.1) is 11.3 Å². The average molecular weight is 493 g/mol. The van der Waals surface area contributed by atoms with E-state index in [1.807, 2.05) is 35.0 Å². The minimum atomic E-state index is -3.60. The van der Waals surface area contributed by atoms with E-state index < -0.39 is 10.0 Å². The molecule has 0 atom stereocenters. The minimum Gasteiger partial charge on any atom is -0.323 e. The fourth-order valence-electron chi connectivity index (χ4n) is 3.45. The van der Waals surface area contributed by atoms with Crippen molar-refractivity contribution in [3.63, 3.8) is 0 Å². The van der Waals surface area contributed by atoms with Crippen LogP contribution in [0, 0.1) is 0 Å². The molecule has 0 saturated carbocycles. The van der Waals surface area contributed by atoms with Crippen molar-refractivity contribution in [2.24, 2.45) is 0 Å². The highest BCUT2D eigenvalue weighted by Crippen LogP contribution is 2.20. The first-order chi connectivity index (χ1) is 16.4. The molecule has 11 heteroatoms. The summed E-state index contributed by atoms with van der Waals surface area (Å²) >= 11 is 1.15. The van der Waals surface area contributed by atoms with E-state index in [0.717, 1.165) is 28.2 Å². The van der Waals surface area contributed by atoms with Gasteiger partial charge in [0, 0.05) is 24.3 Å². The molecule has 172 valence electrons. The second-order valence-electron chi connectivity index (χ2n) is 7.58. The van der Waals surface area contributed by atoms with Crippen LogP contribution in [0.5, 0.6) is 0 Å². The van der Waals surface area contributed by atoms with Crippen LogP contribution in [0.1, 0.15) is 11.3 Å². The monoisotopic (exact) mass is 492 g/mol. The lowest BCUT2D eigenvalue weighted by Gasteiger charge is -2.07. The van der Waals surface area contributed by atoms with E-state index in [-0.39, 0.29) is 16.5 Å². The van der Waals surface area contributed by atoms with Gasteiger partial charge < -0.3 is 9.72 Å². The van der Waals surface area contributed by atoms with Gasteiger partial charge in [-0.2, -0.15) is 5.10 Å². The number of pyridine rings is 1. The molecule has 0 aliphatic carbocycles. The lowest BCUT2D eigenvalue weighted by Crippen LogP contribution is -2.14. The van der Waals surface area contributed by atoms with Crippen molar-refractivity contribution in [1.82, 2.24) is 19.2 Å². The number of nitrogens with zero attached hydrogens (tertiary/aromatic N) is 4. The molecule has 0 fully saturated rings. The van der Waals surface area contributed by atoms with Crippen molar-refractivity contribution in [1.29, 1.82) is 0 Å². The number of rotatable bonds is 8. The van der Waals surface area contributed by atoms with Crippen LogP contribution in [0.4, 0.5) is 11.4 Å². The summed E-state index contributed by atoms with van der Waals surface area (Å²) in [6, 6.07) is 15.8. The van der Waals surface area contributed by atoms with Crippen molar-refractivity contribution in [3.8, 4) is 0 Å². The van der Waals surface area contributed by atoms with Gasteiger partial charge in [-0.1, -0.05) is 24.3 Å². The Labute approximate surface area is 199 Å². The van der Waals surface area contributed by atoms with Crippen molar-refractivity contribution < 1.29 is 13.2 Å². The number of carbonyl (C=O) groups is 1. The highest BCUT2D eigenvalue weighted by molar-refractivity contribution is 7.94. The molecular weight excluding hydrogens is 472 g/mol. The number of aromatic nitrogens is 4. The number of thiophene rings is 1. The maximum absolute atomic E-state index is 12.5. The van der Waals surface area contributed by atoms with E-state index in [0.29, 0.717) is 17.9 Å². The molecule has 1 amide bonds. The topological polar surface area (TPSA) is 110 Å². The lowest BCUT2D eigenvalue weighted by atomic mass is 10.1. The molecule has 5 aromatic rings. The minimum absolute atomic E-state index is 0.148. The number of anilines is 2. The van der Waals surface area contributed by atoms with E-state index in [9.17, 15) is 13.2 Å². The van der Waals surface area contributed by atoms with Crippen LogP contribution in [0.3, 0.4) is 0 Å². The Morgan fingerprint density at radius 2 is 1.85 bits per heavy atom. The van der Waals surface area contributed by atoms with E-state index in [4.69, 9.17) is 0 Å². The summed E-state index contributed by atoms with van der Waals surface area (Å²) in [4.78, 5) is 17.0. The van der Waals surface area contributed by atoms with Crippen molar-refractivity contribution in [3.05, 3.63) is 96.0 Å². The lowest BCUT2D eigenvalue weighted by molar-refractivity contribution is -0.115. The third-order valence-electron chi connectivity index (χ3n) is 4.99. The summed E-state index contributed by atoms with van der Waals surface area (Å²) in [5, 5.41) is 8.84. The summed E-state index contributed by atoms with van der Waals surface area (Å²) in [6.07, 6.45) is 7.38. The standard InChI is InChI=1S/C23H20N6O3S2/c30-22(12-17-6-8-18(9-7-17)27-34(31,32)23-5-3-11-33-23)26-19-13-24-29(15-19)16-20-14-28-10-2-1-4-21(28)25-20/h1-11,13-15,27H,12,16H2,(H,26,30). The molecule has 1 aromatic carbocycles. The summed E-state index contributed by atoms with van der Waals surface area (Å²) < 4.78 is 31.1. The van der Waals surface area contributed by atoms with E-state index in [2.05, 4.69) is 20.1 Å². The molecule has 0 aliphatic heterocycles. The zero-order valence-corrected chi connectivity index (χ0v) is 19.5. The molecule has 0 saturated heterocycles. The van der Waals surface area contributed by atoms with E-state index in [1.54, 1.807) is 58.9 Å². The number of amides is 1.